The first-order valence-corrected chi connectivity index (χ1v) is 10.6. The van der Waals surface area contributed by atoms with Crippen molar-refractivity contribution < 1.29 is 13.2 Å². The summed E-state index contributed by atoms with van der Waals surface area (Å²) >= 11 is 0. The van der Waals surface area contributed by atoms with Crippen LogP contribution in [0.15, 0.2) is 53.4 Å². The third-order valence-electron chi connectivity index (χ3n) is 4.25. The Hall–Kier alpha value is -2.58. The van der Waals surface area contributed by atoms with Gasteiger partial charge < -0.3 is 16.0 Å². The number of benzene rings is 2. The number of anilines is 2. The fourth-order valence-corrected chi connectivity index (χ4v) is 3.61. The Morgan fingerprint density at radius 1 is 1.04 bits per heavy atom. The lowest BCUT2D eigenvalue weighted by atomic mass is 10.1. The predicted octanol–water partition coefficient (Wildman–Crippen LogP) is 2.66. The molecule has 0 heterocycles. The van der Waals surface area contributed by atoms with Crippen LogP contribution in [0.5, 0.6) is 0 Å². The summed E-state index contributed by atoms with van der Waals surface area (Å²) < 4.78 is 25.9. The van der Waals surface area contributed by atoms with Crippen LogP contribution in [0.4, 0.5) is 11.4 Å². The minimum atomic E-state index is -3.56. The van der Waals surface area contributed by atoms with Crippen molar-refractivity contribution in [2.45, 2.75) is 24.8 Å². The molecule has 7 nitrogen and oxygen atoms in total. The molecule has 0 aliphatic rings. The molecule has 152 valence electrons. The molecule has 0 aliphatic heterocycles. The molecule has 2 aromatic rings. The lowest BCUT2D eigenvalue weighted by Gasteiger charge is -2.18. The number of hydrogen-bond acceptors (Lipinski definition) is 5. The fraction of sp³-hybridized carbons (Fsp3) is 0.350. The molecule has 1 amide bonds. The summed E-state index contributed by atoms with van der Waals surface area (Å²) in [5.74, 6) is -0.181. The highest BCUT2D eigenvalue weighted by molar-refractivity contribution is 7.89. The van der Waals surface area contributed by atoms with Gasteiger partial charge in [0.05, 0.1) is 28.9 Å². The second-order valence-corrected chi connectivity index (χ2v) is 8.73. The number of rotatable bonds is 9. The molecular weight excluding hydrogens is 376 g/mol. The molecule has 8 heteroatoms. The lowest BCUT2D eigenvalue weighted by molar-refractivity contribution is -0.120. The Labute approximate surface area is 167 Å². The molecule has 2 aromatic carbocycles. The summed E-state index contributed by atoms with van der Waals surface area (Å²) in [6.45, 7) is 4.57. The molecule has 0 bridgehead atoms. The first-order valence-electron chi connectivity index (χ1n) is 9.14. The van der Waals surface area contributed by atoms with Crippen LogP contribution in [0.3, 0.4) is 0 Å². The zero-order valence-electron chi connectivity index (χ0n) is 16.7. The Morgan fingerprint density at radius 3 is 2.32 bits per heavy atom. The van der Waals surface area contributed by atoms with E-state index in [2.05, 4.69) is 16.0 Å². The van der Waals surface area contributed by atoms with Gasteiger partial charge in [-0.2, -0.15) is 0 Å². The van der Waals surface area contributed by atoms with Gasteiger partial charge in [0, 0.05) is 20.6 Å². The number of nitrogens with zero attached hydrogens (tertiary/aromatic N) is 1. The molecule has 0 unspecified atom stereocenters. The standard InChI is InChI=1S/C20H28N4O3S/c1-5-21-18-12-11-17(28(26,27)24(3)4)13-19(18)22-14-20(25)23-15(2)16-9-7-6-8-10-16/h6-13,15,21-22H,5,14H2,1-4H3,(H,23,25)/t15-/m0/s1. The van der Waals surface area contributed by atoms with Crippen LogP contribution in [-0.4, -0.2) is 45.8 Å². The molecular formula is C20H28N4O3S. The van der Waals surface area contributed by atoms with Gasteiger partial charge in [0.25, 0.3) is 0 Å². The summed E-state index contributed by atoms with van der Waals surface area (Å²) in [7, 11) is -0.589. The highest BCUT2D eigenvalue weighted by Crippen LogP contribution is 2.26. The number of nitrogens with one attached hydrogen (secondary N) is 3. The Morgan fingerprint density at radius 2 is 1.71 bits per heavy atom. The van der Waals surface area contributed by atoms with Crippen LogP contribution < -0.4 is 16.0 Å². The van der Waals surface area contributed by atoms with Gasteiger partial charge in [-0.3, -0.25) is 4.79 Å². The van der Waals surface area contributed by atoms with Gasteiger partial charge in [-0.05, 0) is 37.6 Å². The largest absolute Gasteiger partial charge is 0.384 e. The highest BCUT2D eigenvalue weighted by atomic mass is 32.2. The van der Waals surface area contributed by atoms with Crippen molar-refractivity contribution in [3.8, 4) is 0 Å². The maximum atomic E-state index is 12.4. The Kier molecular flexibility index (Phi) is 7.42. The van der Waals surface area contributed by atoms with E-state index in [1.54, 1.807) is 18.2 Å². The van der Waals surface area contributed by atoms with E-state index in [0.29, 0.717) is 12.2 Å². The van der Waals surface area contributed by atoms with Crippen molar-refractivity contribution in [1.29, 1.82) is 0 Å². The molecule has 3 N–H and O–H groups in total. The first kappa shape index (κ1) is 21.7. The van der Waals surface area contributed by atoms with Crippen molar-refractivity contribution in [1.82, 2.24) is 9.62 Å². The van der Waals surface area contributed by atoms with Crippen molar-refractivity contribution in [3.05, 3.63) is 54.1 Å². The quantitative estimate of drug-likeness (QED) is 0.598. The molecule has 0 spiro atoms. The van der Waals surface area contributed by atoms with E-state index in [-0.39, 0.29) is 23.4 Å². The minimum Gasteiger partial charge on any atom is -0.384 e. The van der Waals surface area contributed by atoms with Gasteiger partial charge in [-0.15, -0.1) is 0 Å². The van der Waals surface area contributed by atoms with E-state index in [4.69, 9.17) is 0 Å². The van der Waals surface area contributed by atoms with Gasteiger partial charge in [-0.1, -0.05) is 30.3 Å². The summed E-state index contributed by atoms with van der Waals surface area (Å²) in [6.07, 6.45) is 0. The third kappa shape index (κ3) is 5.46. The number of hydrogen-bond donors (Lipinski definition) is 3. The second-order valence-electron chi connectivity index (χ2n) is 6.58. The molecule has 0 saturated carbocycles. The predicted molar refractivity (Wildman–Crippen MR) is 113 cm³/mol. The second kappa shape index (κ2) is 9.57. The SMILES string of the molecule is CCNc1ccc(S(=O)(=O)N(C)C)cc1NCC(=O)N[C@@H](C)c1ccccc1. The average molecular weight is 405 g/mol. The lowest BCUT2D eigenvalue weighted by Crippen LogP contribution is -2.32. The van der Waals surface area contributed by atoms with E-state index in [1.165, 1.54) is 14.1 Å². The Balaban J connectivity index is 2.12. The van der Waals surface area contributed by atoms with Gasteiger partial charge in [-0.25, -0.2) is 12.7 Å². The average Bonchev–Trinajstić information content (AvgIpc) is 2.67. The number of carbonyl (C=O) groups is 1. The molecule has 2 rings (SSSR count). The summed E-state index contributed by atoms with van der Waals surface area (Å²) in [5.41, 5.74) is 2.32. The maximum absolute atomic E-state index is 12.4. The van der Waals surface area contributed by atoms with Crippen molar-refractivity contribution in [2.24, 2.45) is 0 Å². The summed E-state index contributed by atoms with van der Waals surface area (Å²) in [5, 5.41) is 9.15. The Bertz CT molecular complexity index is 899. The number of carbonyl (C=O) groups excluding carboxylic acids is 1. The molecule has 0 fully saturated rings. The maximum Gasteiger partial charge on any atom is 0.242 e. The molecule has 0 aliphatic carbocycles. The van der Waals surface area contributed by atoms with E-state index in [0.717, 1.165) is 15.6 Å². The molecule has 1 atom stereocenters. The van der Waals surface area contributed by atoms with Crippen LogP contribution in [-0.2, 0) is 14.8 Å². The fourth-order valence-electron chi connectivity index (χ4n) is 2.68. The third-order valence-corrected chi connectivity index (χ3v) is 6.06. The molecule has 0 radical (unpaired) electrons. The van der Waals surface area contributed by atoms with Crippen molar-refractivity contribution in [3.63, 3.8) is 0 Å². The minimum absolute atomic E-state index is 0.0288. The molecule has 0 saturated heterocycles. The van der Waals surface area contributed by atoms with Gasteiger partial charge in [0.1, 0.15) is 0 Å². The molecule has 0 aromatic heterocycles. The van der Waals surface area contributed by atoms with Gasteiger partial charge >= 0.3 is 0 Å². The number of sulfonamides is 1. The van der Waals surface area contributed by atoms with Crippen LogP contribution >= 0.6 is 0 Å². The zero-order chi connectivity index (χ0) is 20.7. The van der Waals surface area contributed by atoms with Gasteiger partial charge in [0.2, 0.25) is 15.9 Å². The number of amides is 1. The topological polar surface area (TPSA) is 90.5 Å². The first-order chi connectivity index (χ1) is 13.3. The summed E-state index contributed by atoms with van der Waals surface area (Å²) in [6, 6.07) is 14.4. The molecule has 28 heavy (non-hydrogen) atoms. The monoisotopic (exact) mass is 404 g/mol. The van der Waals surface area contributed by atoms with E-state index < -0.39 is 10.0 Å². The summed E-state index contributed by atoms with van der Waals surface area (Å²) in [4.78, 5) is 12.5. The normalized spacial score (nSPS) is 12.5. The van der Waals surface area contributed by atoms with E-state index in [1.807, 2.05) is 44.2 Å². The highest BCUT2D eigenvalue weighted by Gasteiger charge is 2.19. The van der Waals surface area contributed by atoms with Crippen LogP contribution in [0.1, 0.15) is 25.5 Å². The van der Waals surface area contributed by atoms with Gasteiger partial charge in [0.15, 0.2) is 0 Å². The van der Waals surface area contributed by atoms with Crippen LogP contribution in [0.25, 0.3) is 0 Å². The van der Waals surface area contributed by atoms with Crippen LogP contribution in [0, 0.1) is 0 Å². The van der Waals surface area contributed by atoms with Crippen LogP contribution in [0.2, 0.25) is 0 Å². The zero-order valence-corrected chi connectivity index (χ0v) is 17.5. The van der Waals surface area contributed by atoms with E-state index in [9.17, 15) is 13.2 Å². The van der Waals surface area contributed by atoms with Crippen molar-refractivity contribution in [2.75, 3.05) is 37.8 Å². The van der Waals surface area contributed by atoms with E-state index >= 15 is 0 Å². The smallest absolute Gasteiger partial charge is 0.242 e. The van der Waals surface area contributed by atoms with Crippen molar-refractivity contribution >= 4 is 27.3 Å².